The molecule has 1 heterocycles. The minimum Gasteiger partial charge on any atom is -0.385 e. The van der Waals surface area contributed by atoms with Crippen LogP contribution in [-0.4, -0.2) is 17.4 Å². The second-order valence-corrected chi connectivity index (χ2v) is 8.13. The summed E-state index contributed by atoms with van der Waals surface area (Å²) in [5.74, 6) is -0.100. The van der Waals surface area contributed by atoms with Crippen molar-refractivity contribution in [3.05, 3.63) is 114 Å². The van der Waals surface area contributed by atoms with Gasteiger partial charge in [-0.05, 0) is 72.5 Å². The molecule has 0 fully saturated rings. The number of hydrogen-bond donors (Lipinski definition) is 2. The number of carbonyl (C=O) groups excluding carboxylic acids is 1. The van der Waals surface area contributed by atoms with Gasteiger partial charge < -0.3 is 10.6 Å². The van der Waals surface area contributed by atoms with E-state index in [2.05, 4.69) is 59.8 Å². The molecule has 33 heavy (non-hydrogen) atoms. The van der Waals surface area contributed by atoms with Crippen LogP contribution in [0.4, 0.5) is 11.4 Å². The van der Waals surface area contributed by atoms with Gasteiger partial charge in [-0.2, -0.15) is 0 Å². The quantitative estimate of drug-likeness (QED) is 0.331. The molecule has 1 amide bonds. The third-order valence-electron chi connectivity index (χ3n) is 5.68. The zero-order valence-electron chi connectivity index (χ0n) is 19.1. The van der Waals surface area contributed by atoms with Gasteiger partial charge in [-0.3, -0.25) is 9.78 Å². The number of nitrogens with one attached hydrogen (secondary N) is 2. The lowest BCUT2D eigenvalue weighted by molar-refractivity contribution is 0.102. The first kappa shape index (κ1) is 22.3. The van der Waals surface area contributed by atoms with E-state index in [0.717, 1.165) is 53.1 Å². The topological polar surface area (TPSA) is 54.0 Å². The van der Waals surface area contributed by atoms with Gasteiger partial charge in [0, 0.05) is 41.8 Å². The summed E-state index contributed by atoms with van der Waals surface area (Å²) in [7, 11) is 0. The van der Waals surface area contributed by atoms with Crippen LogP contribution in [0.3, 0.4) is 0 Å². The molecule has 0 aliphatic carbocycles. The molecule has 4 rings (SSSR count). The van der Waals surface area contributed by atoms with Crippen molar-refractivity contribution >= 4 is 17.3 Å². The summed E-state index contributed by atoms with van der Waals surface area (Å²) in [6.45, 7) is 4.96. The number of aryl methyl sites for hydroxylation is 2. The molecule has 0 aliphatic heterocycles. The Labute approximate surface area is 195 Å². The monoisotopic (exact) mass is 435 g/mol. The zero-order valence-corrected chi connectivity index (χ0v) is 19.1. The number of anilines is 2. The highest BCUT2D eigenvalue weighted by Gasteiger charge is 2.14. The van der Waals surface area contributed by atoms with E-state index in [4.69, 9.17) is 0 Å². The van der Waals surface area contributed by atoms with Crippen LogP contribution < -0.4 is 10.6 Å². The van der Waals surface area contributed by atoms with Crippen LogP contribution in [0.1, 0.15) is 34.1 Å². The second kappa shape index (κ2) is 10.6. The molecule has 0 aliphatic rings. The molecule has 0 bridgehead atoms. The van der Waals surface area contributed by atoms with Crippen molar-refractivity contribution in [1.29, 1.82) is 0 Å². The molecule has 0 saturated carbocycles. The molecule has 1 aromatic heterocycles. The van der Waals surface area contributed by atoms with E-state index in [-0.39, 0.29) is 5.91 Å². The van der Waals surface area contributed by atoms with Crippen LogP contribution in [0.15, 0.2) is 91.1 Å². The van der Waals surface area contributed by atoms with E-state index < -0.39 is 0 Å². The van der Waals surface area contributed by atoms with Crippen molar-refractivity contribution in [3.63, 3.8) is 0 Å². The molecule has 4 aromatic rings. The fourth-order valence-electron chi connectivity index (χ4n) is 3.73. The molecule has 3 aromatic carbocycles. The standard InChI is InChI=1S/C29H29N3O/c1-3-22-9-16-27(23-10-7-21(2)8-11-23)28(20-22)29(33)32-26-14-12-25(13-15-26)31-19-17-24-6-4-5-18-30-24/h4-16,18,20,31H,3,17,19H2,1-2H3,(H,32,33). The van der Waals surface area contributed by atoms with Crippen molar-refractivity contribution in [1.82, 2.24) is 4.98 Å². The Balaban J connectivity index is 1.45. The van der Waals surface area contributed by atoms with Gasteiger partial charge in [-0.25, -0.2) is 0 Å². The van der Waals surface area contributed by atoms with Crippen LogP contribution in [0, 0.1) is 6.92 Å². The van der Waals surface area contributed by atoms with E-state index in [1.165, 1.54) is 5.56 Å². The number of benzene rings is 3. The summed E-state index contributed by atoms with van der Waals surface area (Å²) in [6, 6.07) is 28.2. The number of carbonyl (C=O) groups is 1. The highest BCUT2D eigenvalue weighted by molar-refractivity contribution is 6.09. The third-order valence-corrected chi connectivity index (χ3v) is 5.68. The summed E-state index contributed by atoms with van der Waals surface area (Å²) in [5, 5.41) is 6.47. The van der Waals surface area contributed by atoms with Gasteiger partial charge in [0.2, 0.25) is 0 Å². The van der Waals surface area contributed by atoms with Crippen LogP contribution >= 0.6 is 0 Å². The van der Waals surface area contributed by atoms with Crippen molar-refractivity contribution in [2.75, 3.05) is 17.2 Å². The second-order valence-electron chi connectivity index (χ2n) is 8.13. The van der Waals surface area contributed by atoms with E-state index in [1.54, 1.807) is 0 Å². The van der Waals surface area contributed by atoms with Gasteiger partial charge in [0.05, 0.1) is 0 Å². The molecule has 0 radical (unpaired) electrons. The predicted octanol–water partition coefficient (Wildman–Crippen LogP) is 6.53. The molecule has 2 N–H and O–H groups in total. The molecule has 4 heteroatoms. The number of rotatable bonds is 8. The number of aromatic nitrogens is 1. The zero-order chi connectivity index (χ0) is 23.0. The Morgan fingerprint density at radius 3 is 2.33 bits per heavy atom. The Morgan fingerprint density at radius 2 is 1.64 bits per heavy atom. The van der Waals surface area contributed by atoms with E-state index in [9.17, 15) is 4.79 Å². The highest BCUT2D eigenvalue weighted by atomic mass is 16.1. The first-order chi connectivity index (χ1) is 16.1. The van der Waals surface area contributed by atoms with Crippen molar-refractivity contribution < 1.29 is 4.79 Å². The maximum Gasteiger partial charge on any atom is 0.256 e. The smallest absolute Gasteiger partial charge is 0.256 e. The molecular weight excluding hydrogens is 406 g/mol. The Bertz CT molecular complexity index is 1200. The van der Waals surface area contributed by atoms with Crippen LogP contribution in [-0.2, 0) is 12.8 Å². The lowest BCUT2D eigenvalue weighted by Crippen LogP contribution is -2.14. The fourth-order valence-corrected chi connectivity index (χ4v) is 3.73. The first-order valence-electron chi connectivity index (χ1n) is 11.4. The number of pyridine rings is 1. The SMILES string of the molecule is CCc1ccc(-c2ccc(C)cc2)c(C(=O)Nc2ccc(NCCc3ccccn3)cc2)c1. The number of hydrogen-bond acceptors (Lipinski definition) is 3. The van der Waals surface area contributed by atoms with Crippen molar-refractivity contribution in [2.24, 2.45) is 0 Å². The van der Waals surface area contributed by atoms with Gasteiger partial charge in [-0.15, -0.1) is 0 Å². The minimum absolute atomic E-state index is 0.100. The van der Waals surface area contributed by atoms with Crippen LogP contribution in [0.2, 0.25) is 0 Å². The molecule has 4 nitrogen and oxygen atoms in total. The summed E-state index contributed by atoms with van der Waals surface area (Å²) in [5.41, 5.74) is 7.86. The Morgan fingerprint density at radius 1 is 0.879 bits per heavy atom. The minimum atomic E-state index is -0.100. The predicted molar refractivity (Wildman–Crippen MR) is 137 cm³/mol. The lowest BCUT2D eigenvalue weighted by Gasteiger charge is -2.13. The normalized spacial score (nSPS) is 10.6. The van der Waals surface area contributed by atoms with E-state index >= 15 is 0 Å². The summed E-state index contributed by atoms with van der Waals surface area (Å²) >= 11 is 0. The van der Waals surface area contributed by atoms with Gasteiger partial charge in [0.25, 0.3) is 5.91 Å². The average Bonchev–Trinajstić information content (AvgIpc) is 2.86. The summed E-state index contributed by atoms with van der Waals surface area (Å²) in [6.07, 6.45) is 3.55. The molecule has 0 spiro atoms. The summed E-state index contributed by atoms with van der Waals surface area (Å²) in [4.78, 5) is 17.6. The Kier molecular flexibility index (Phi) is 7.16. The third kappa shape index (κ3) is 5.86. The molecule has 0 unspecified atom stereocenters. The molecule has 166 valence electrons. The lowest BCUT2D eigenvalue weighted by atomic mass is 9.95. The molecular formula is C29H29N3O. The molecule has 0 atom stereocenters. The fraction of sp³-hybridized carbons (Fsp3) is 0.172. The molecule has 0 saturated heterocycles. The summed E-state index contributed by atoms with van der Waals surface area (Å²) < 4.78 is 0. The maximum atomic E-state index is 13.2. The number of amides is 1. The average molecular weight is 436 g/mol. The van der Waals surface area contributed by atoms with Crippen molar-refractivity contribution in [2.45, 2.75) is 26.7 Å². The van der Waals surface area contributed by atoms with Gasteiger partial charge in [-0.1, -0.05) is 55.0 Å². The van der Waals surface area contributed by atoms with Crippen LogP contribution in [0.25, 0.3) is 11.1 Å². The highest BCUT2D eigenvalue weighted by Crippen LogP contribution is 2.27. The largest absolute Gasteiger partial charge is 0.385 e. The van der Waals surface area contributed by atoms with Gasteiger partial charge >= 0.3 is 0 Å². The van der Waals surface area contributed by atoms with Crippen LogP contribution in [0.5, 0.6) is 0 Å². The van der Waals surface area contributed by atoms with Gasteiger partial charge in [0.1, 0.15) is 0 Å². The van der Waals surface area contributed by atoms with E-state index in [0.29, 0.717) is 5.56 Å². The first-order valence-corrected chi connectivity index (χ1v) is 11.4. The Hall–Kier alpha value is -3.92. The maximum absolute atomic E-state index is 13.2. The van der Waals surface area contributed by atoms with E-state index in [1.807, 2.05) is 60.8 Å². The van der Waals surface area contributed by atoms with Crippen molar-refractivity contribution in [3.8, 4) is 11.1 Å². The number of nitrogens with zero attached hydrogens (tertiary/aromatic N) is 1. The van der Waals surface area contributed by atoms with Gasteiger partial charge in [0.15, 0.2) is 0 Å².